The zero-order chi connectivity index (χ0) is 18.3. The first-order chi connectivity index (χ1) is 11.1. The Morgan fingerprint density at radius 1 is 0.667 bits per heavy atom. The maximum absolute atomic E-state index is 11.3. The molecule has 0 saturated carbocycles. The van der Waals surface area contributed by atoms with Gasteiger partial charge in [0.05, 0.1) is 32.3 Å². The molecular formula is C14H6Cl2O8. The fourth-order valence-electron chi connectivity index (χ4n) is 2.23. The number of halogens is 2. The highest BCUT2D eigenvalue weighted by atomic mass is 35.5. The lowest BCUT2D eigenvalue weighted by molar-refractivity contribution is 0.0651. The van der Waals surface area contributed by atoms with E-state index in [-0.39, 0.29) is 10.8 Å². The van der Waals surface area contributed by atoms with Gasteiger partial charge in [-0.2, -0.15) is 0 Å². The van der Waals surface area contributed by atoms with Crippen LogP contribution in [0.4, 0.5) is 0 Å². The molecule has 10 heteroatoms. The largest absolute Gasteiger partial charge is 0.478 e. The number of aromatic carboxylic acids is 4. The van der Waals surface area contributed by atoms with Gasteiger partial charge < -0.3 is 20.4 Å². The lowest BCUT2D eigenvalue weighted by Gasteiger charge is -2.13. The summed E-state index contributed by atoms with van der Waals surface area (Å²) >= 11 is 11.9. The Bertz CT molecular complexity index is 875. The van der Waals surface area contributed by atoms with E-state index in [2.05, 4.69) is 0 Å². The molecule has 4 N–H and O–H groups in total. The summed E-state index contributed by atoms with van der Waals surface area (Å²) < 4.78 is 0. The van der Waals surface area contributed by atoms with Gasteiger partial charge in [0.15, 0.2) is 0 Å². The van der Waals surface area contributed by atoms with E-state index in [0.717, 1.165) is 12.1 Å². The van der Waals surface area contributed by atoms with Crippen molar-refractivity contribution in [3.63, 3.8) is 0 Å². The maximum Gasteiger partial charge on any atom is 0.338 e. The summed E-state index contributed by atoms with van der Waals surface area (Å²) in [6.07, 6.45) is 0. The molecule has 0 fully saturated rings. The predicted molar refractivity (Wildman–Crippen MR) is 81.8 cm³/mol. The van der Waals surface area contributed by atoms with E-state index in [0.29, 0.717) is 0 Å². The average molecular weight is 373 g/mol. The van der Waals surface area contributed by atoms with E-state index in [1.54, 1.807) is 0 Å². The minimum absolute atomic E-state index is 0.116. The number of carboxylic acid groups (broad SMARTS) is 4. The summed E-state index contributed by atoms with van der Waals surface area (Å²) in [7, 11) is 0. The zero-order valence-corrected chi connectivity index (χ0v) is 12.8. The van der Waals surface area contributed by atoms with Crippen LogP contribution < -0.4 is 0 Å². The second-order valence-corrected chi connectivity index (χ2v) is 5.30. The molecule has 0 bridgehead atoms. The topological polar surface area (TPSA) is 149 Å². The Morgan fingerprint density at radius 3 is 1.25 bits per heavy atom. The zero-order valence-electron chi connectivity index (χ0n) is 11.3. The normalized spacial score (nSPS) is 10.6. The van der Waals surface area contributed by atoms with Crippen LogP contribution in [0.5, 0.6) is 0 Å². The summed E-state index contributed by atoms with van der Waals surface area (Å²) in [6, 6.07) is 1.74. The van der Waals surface area contributed by atoms with Crippen molar-refractivity contribution >= 4 is 57.9 Å². The first-order valence-electron chi connectivity index (χ1n) is 5.99. The van der Waals surface area contributed by atoms with Crippen molar-refractivity contribution in [2.75, 3.05) is 0 Å². The number of hydrogen-bond acceptors (Lipinski definition) is 4. The third kappa shape index (κ3) is 2.61. The van der Waals surface area contributed by atoms with Crippen LogP contribution in [-0.4, -0.2) is 44.3 Å². The van der Waals surface area contributed by atoms with Gasteiger partial charge in [0, 0.05) is 5.39 Å². The van der Waals surface area contributed by atoms with Gasteiger partial charge in [-0.3, -0.25) is 0 Å². The summed E-state index contributed by atoms with van der Waals surface area (Å²) in [5.74, 6) is -6.53. The van der Waals surface area contributed by atoms with Crippen LogP contribution in [0.2, 0.25) is 10.0 Å². The van der Waals surface area contributed by atoms with Crippen LogP contribution in [0.3, 0.4) is 0 Å². The molecule has 0 spiro atoms. The quantitative estimate of drug-likeness (QED) is 0.639. The van der Waals surface area contributed by atoms with Crippen molar-refractivity contribution in [2.45, 2.75) is 0 Å². The van der Waals surface area contributed by atoms with Crippen molar-refractivity contribution in [1.29, 1.82) is 0 Å². The minimum atomic E-state index is -1.66. The average Bonchev–Trinajstić information content (AvgIpc) is 2.44. The van der Waals surface area contributed by atoms with Gasteiger partial charge in [0.1, 0.15) is 0 Å². The Hall–Kier alpha value is -2.84. The van der Waals surface area contributed by atoms with Crippen LogP contribution >= 0.6 is 23.2 Å². The fourth-order valence-corrected chi connectivity index (χ4v) is 3.05. The third-order valence-electron chi connectivity index (χ3n) is 3.19. The molecule has 0 aliphatic carbocycles. The maximum atomic E-state index is 11.3. The fraction of sp³-hybridized carbons (Fsp3) is 0. The highest BCUT2D eigenvalue weighted by Gasteiger charge is 2.28. The van der Waals surface area contributed by atoms with Crippen LogP contribution in [0, 0.1) is 0 Å². The SMILES string of the molecule is O=C(O)c1cc2cc(C(=O)O)c(C(=O)O)c(Cl)c2c(Cl)c1C(=O)O. The Balaban J connectivity index is 3.13. The van der Waals surface area contributed by atoms with Crippen molar-refractivity contribution in [2.24, 2.45) is 0 Å². The molecule has 124 valence electrons. The standard InChI is InChI=1S/C14H6Cl2O8/c15-9-6-3(1-4(11(17)18)7(9)13(21)22)2-5(12(19)20)8(10(6)16)14(23)24/h1-2H,(H,17,18)(H,19,20)(H,21,22)(H,23,24). The molecule has 0 radical (unpaired) electrons. The number of fused-ring (bicyclic) bond motifs is 1. The van der Waals surface area contributed by atoms with Gasteiger partial charge in [-0.05, 0) is 17.5 Å². The lowest BCUT2D eigenvalue weighted by Crippen LogP contribution is -2.12. The van der Waals surface area contributed by atoms with Gasteiger partial charge >= 0.3 is 23.9 Å². The van der Waals surface area contributed by atoms with Crippen molar-refractivity contribution < 1.29 is 39.6 Å². The monoisotopic (exact) mass is 372 g/mol. The van der Waals surface area contributed by atoms with Crippen molar-refractivity contribution in [3.05, 3.63) is 44.4 Å². The molecule has 2 aromatic rings. The van der Waals surface area contributed by atoms with Gasteiger partial charge in [-0.1, -0.05) is 23.2 Å². The molecule has 2 rings (SSSR count). The van der Waals surface area contributed by atoms with Crippen molar-refractivity contribution in [1.82, 2.24) is 0 Å². The molecule has 24 heavy (non-hydrogen) atoms. The van der Waals surface area contributed by atoms with E-state index < -0.39 is 56.2 Å². The van der Waals surface area contributed by atoms with Crippen LogP contribution in [-0.2, 0) is 0 Å². The van der Waals surface area contributed by atoms with E-state index in [4.69, 9.17) is 43.6 Å². The van der Waals surface area contributed by atoms with Gasteiger partial charge in [-0.15, -0.1) is 0 Å². The van der Waals surface area contributed by atoms with E-state index in [1.165, 1.54) is 0 Å². The van der Waals surface area contributed by atoms with Gasteiger partial charge in [-0.25, -0.2) is 19.2 Å². The molecule has 0 saturated heterocycles. The van der Waals surface area contributed by atoms with Crippen LogP contribution in [0.25, 0.3) is 10.8 Å². The second-order valence-electron chi connectivity index (χ2n) is 4.54. The summed E-state index contributed by atoms with van der Waals surface area (Å²) in [5.41, 5.74) is -2.93. The Labute approximate surface area is 142 Å². The molecule has 2 aromatic carbocycles. The number of benzene rings is 2. The van der Waals surface area contributed by atoms with Crippen LogP contribution in [0.1, 0.15) is 41.4 Å². The van der Waals surface area contributed by atoms with Gasteiger partial charge in [0.2, 0.25) is 0 Å². The molecule has 8 nitrogen and oxygen atoms in total. The summed E-state index contributed by atoms with van der Waals surface area (Å²) in [5, 5.41) is 35.0. The smallest absolute Gasteiger partial charge is 0.338 e. The molecule has 0 heterocycles. The highest BCUT2D eigenvalue weighted by Crippen LogP contribution is 2.39. The minimum Gasteiger partial charge on any atom is -0.478 e. The highest BCUT2D eigenvalue weighted by molar-refractivity contribution is 6.46. The lowest BCUT2D eigenvalue weighted by atomic mass is 9.95. The van der Waals surface area contributed by atoms with Gasteiger partial charge in [0.25, 0.3) is 0 Å². The van der Waals surface area contributed by atoms with Crippen molar-refractivity contribution in [3.8, 4) is 0 Å². The number of hydrogen-bond donors (Lipinski definition) is 4. The third-order valence-corrected chi connectivity index (χ3v) is 3.95. The van der Waals surface area contributed by atoms with E-state index in [1.807, 2.05) is 0 Å². The Kier molecular flexibility index (Phi) is 4.37. The molecule has 0 unspecified atom stereocenters. The summed E-state index contributed by atoms with van der Waals surface area (Å²) in [4.78, 5) is 45.1. The molecule has 0 amide bonds. The summed E-state index contributed by atoms with van der Waals surface area (Å²) in [6.45, 7) is 0. The first-order valence-corrected chi connectivity index (χ1v) is 6.75. The van der Waals surface area contributed by atoms with E-state index in [9.17, 15) is 19.2 Å². The van der Waals surface area contributed by atoms with E-state index >= 15 is 0 Å². The number of carboxylic acids is 4. The molecule has 0 aliphatic heterocycles. The number of rotatable bonds is 4. The Morgan fingerprint density at radius 2 is 1.00 bits per heavy atom. The molecular weight excluding hydrogens is 367 g/mol. The first kappa shape index (κ1) is 17.5. The van der Waals surface area contributed by atoms with Crippen LogP contribution in [0.15, 0.2) is 12.1 Å². The second kappa shape index (κ2) is 5.99. The molecule has 0 aliphatic rings. The molecule has 0 aromatic heterocycles. The molecule has 0 atom stereocenters. The predicted octanol–water partition coefficient (Wildman–Crippen LogP) is 2.94. The number of carbonyl (C=O) groups is 4.